The third-order valence-electron chi connectivity index (χ3n) is 0.759. The summed E-state index contributed by atoms with van der Waals surface area (Å²) < 4.78 is 1.19. The van der Waals surface area contributed by atoms with Crippen LogP contribution in [-0.4, -0.2) is 28.1 Å². The largest absolute Gasteiger partial charge is 0.364 e. The summed E-state index contributed by atoms with van der Waals surface area (Å²) in [4.78, 5) is 1.96. The number of thioether (sulfide) groups is 1. The summed E-state index contributed by atoms with van der Waals surface area (Å²) in [7, 11) is 3.95. The van der Waals surface area contributed by atoms with Gasteiger partial charge in [0.1, 0.15) is 4.32 Å². The Balaban J connectivity index is 3.81. The van der Waals surface area contributed by atoms with Gasteiger partial charge in [0.15, 0.2) is 0 Å². The van der Waals surface area contributed by atoms with Crippen molar-refractivity contribution in [3.8, 4) is 0 Å². The van der Waals surface area contributed by atoms with Gasteiger partial charge in [-0.2, -0.15) is 0 Å². The second-order valence-electron chi connectivity index (χ2n) is 3.37. The lowest BCUT2D eigenvalue weighted by Gasteiger charge is -2.21. The van der Waals surface area contributed by atoms with E-state index in [1.807, 2.05) is 19.0 Å². The van der Waals surface area contributed by atoms with Gasteiger partial charge in [-0.15, -0.1) is 0 Å². The molecule has 3 heteroatoms. The van der Waals surface area contributed by atoms with Gasteiger partial charge in [0, 0.05) is 18.8 Å². The summed E-state index contributed by atoms with van der Waals surface area (Å²) in [6, 6.07) is 0. The standard InChI is InChI=1S/C7H15NS2/c1-7(2,3)10-6(9)8(4)5/h1-5H3. The zero-order chi connectivity index (χ0) is 8.36. The van der Waals surface area contributed by atoms with Crippen LogP contribution in [-0.2, 0) is 0 Å². The summed E-state index contributed by atoms with van der Waals surface area (Å²) in [6.45, 7) is 6.48. The van der Waals surface area contributed by atoms with Crippen molar-refractivity contribution < 1.29 is 0 Å². The first-order valence-electron chi connectivity index (χ1n) is 3.23. The average Bonchev–Trinajstić information content (AvgIpc) is 1.60. The van der Waals surface area contributed by atoms with E-state index >= 15 is 0 Å². The van der Waals surface area contributed by atoms with E-state index < -0.39 is 0 Å². The Morgan fingerprint density at radius 1 is 1.30 bits per heavy atom. The molecule has 0 bridgehead atoms. The van der Waals surface area contributed by atoms with Gasteiger partial charge in [0.25, 0.3) is 0 Å². The van der Waals surface area contributed by atoms with E-state index in [2.05, 4.69) is 20.8 Å². The molecule has 0 atom stereocenters. The highest BCUT2D eigenvalue weighted by molar-refractivity contribution is 8.23. The quantitative estimate of drug-likeness (QED) is 0.523. The molecular formula is C7H15NS2. The summed E-state index contributed by atoms with van der Waals surface area (Å²) in [5.74, 6) is 0. The summed E-state index contributed by atoms with van der Waals surface area (Å²) in [5.41, 5.74) is 0. The molecule has 0 saturated heterocycles. The Labute approximate surface area is 73.2 Å². The van der Waals surface area contributed by atoms with E-state index in [9.17, 15) is 0 Å². The van der Waals surface area contributed by atoms with E-state index in [1.54, 1.807) is 11.8 Å². The second-order valence-corrected chi connectivity index (χ2v) is 5.84. The topological polar surface area (TPSA) is 3.24 Å². The van der Waals surface area contributed by atoms with E-state index in [0.29, 0.717) is 0 Å². The van der Waals surface area contributed by atoms with E-state index in [1.165, 1.54) is 0 Å². The molecule has 0 radical (unpaired) electrons. The van der Waals surface area contributed by atoms with E-state index in [0.717, 1.165) is 4.32 Å². The zero-order valence-electron chi connectivity index (χ0n) is 7.26. The summed E-state index contributed by atoms with van der Waals surface area (Å²) in [5, 5.41) is 0. The SMILES string of the molecule is CN(C)C(=S)SC(C)(C)C. The zero-order valence-corrected chi connectivity index (χ0v) is 8.90. The normalized spacial score (nSPS) is 11.3. The van der Waals surface area contributed by atoms with Crippen molar-refractivity contribution in [3.63, 3.8) is 0 Å². The van der Waals surface area contributed by atoms with Crippen LogP contribution >= 0.6 is 24.0 Å². The highest BCUT2D eigenvalue weighted by atomic mass is 32.2. The van der Waals surface area contributed by atoms with Gasteiger partial charge in [-0.25, -0.2) is 0 Å². The van der Waals surface area contributed by atoms with Crippen LogP contribution in [0.4, 0.5) is 0 Å². The molecule has 1 nitrogen and oxygen atoms in total. The molecule has 0 spiro atoms. The smallest absolute Gasteiger partial charge is 0.136 e. The van der Waals surface area contributed by atoms with Gasteiger partial charge in [-0.1, -0.05) is 44.8 Å². The van der Waals surface area contributed by atoms with Crippen molar-refractivity contribution in [2.24, 2.45) is 0 Å². The predicted molar refractivity (Wildman–Crippen MR) is 53.6 cm³/mol. The first kappa shape index (κ1) is 10.2. The molecule has 0 aromatic carbocycles. The van der Waals surface area contributed by atoms with Gasteiger partial charge < -0.3 is 4.90 Å². The third kappa shape index (κ3) is 5.06. The van der Waals surface area contributed by atoms with Crippen LogP contribution in [0.15, 0.2) is 0 Å². The van der Waals surface area contributed by atoms with Crippen molar-refractivity contribution in [2.45, 2.75) is 25.5 Å². The van der Waals surface area contributed by atoms with Crippen molar-refractivity contribution in [2.75, 3.05) is 14.1 Å². The van der Waals surface area contributed by atoms with E-state index in [-0.39, 0.29) is 4.75 Å². The van der Waals surface area contributed by atoms with Crippen LogP contribution in [0.3, 0.4) is 0 Å². The Bertz CT molecular complexity index is 124. The number of hydrogen-bond acceptors (Lipinski definition) is 2. The van der Waals surface area contributed by atoms with Crippen molar-refractivity contribution in [1.29, 1.82) is 0 Å². The van der Waals surface area contributed by atoms with Gasteiger partial charge in [0.2, 0.25) is 0 Å². The minimum absolute atomic E-state index is 0.237. The second kappa shape index (κ2) is 3.58. The first-order chi connectivity index (χ1) is 4.33. The molecule has 10 heavy (non-hydrogen) atoms. The van der Waals surface area contributed by atoms with Crippen LogP contribution in [0, 0.1) is 0 Å². The molecule has 0 aromatic rings. The molecule has 0 N–H and O–H groups in total. The Morgan fingerprint density at radius 2 is 1.70 bits per heavy atom. The minimum Gasteiger partial charge on any atom is -0.364 e. The Morgan fingerprint density at radius 3 is 1.80 bits per heavy atom. The fraction of sp³-hybridized carbons (Fsp3) is 0.857. The lowest BCUT2D eigenvalue weighted by atomic mass is 10.3. The van der Waals surface area contributed by atoms with Crippen LogP contribution in [0.1, 0.15) is 20.8 Å². The Kier molecular flexibility index (Phi) is 3.66. The fourth-order valence-corrected chi connectivity index (χ4v) is 1.81. The highest BCUT2D eigenvalue weighted by Gasteiger charge is 2.14. The monoisotopic (exact) mass is 177 g/mol. The summed E-state index contributed by atoms with van der Waals surface area (Å²) in [6.07, 6.45) is 0. The van der Waals surface area contributed by atoms with Gasteiger partial charge in [-0.05, 0) is 0 Å². The summed E-state index contributed by atoms with van der Waals surface area (Å²) >= 11 is 6.84. The maximum atomic E-state index is 5.11. The fourth-order valence-electron chi connectivity index (χ4n) is 0.353. The molecule has 0 rings (SSSR count). The molecule has 0 unspecified atom stereocenters. The average molecular weight is 177 g/mol. The highest BCUT2D eigenvalue weighted by Crippen LogP contribution is 2.25. The van der Waals surface area contributed by atoms with Crippen molar-refractivity contribution >= 4 is 28.3 Å². The van der Waals surface area contributed by atoms with Crippen LogP contribution in [0.5, 0.6) is 0 Å². The Hall–Kier alpha value is 0.240. The number of hydrogen-bond donors (Lipinski definition) is 0. The van der Waals surface area contributed by atoms with Gasteiger partial charge in [-0.3, -0.25) is 0 Å². The maximum Gasteiger partial charge on any atom is 0.136 e. The molecule has 0 fully saturated rings. The minimum atomic E-state index is 0.237. The van der Waals surface area contributed by atoms with Gasteiger partial charge >= 0.3 is 0 Å². The number of rotatable bonds is 0. The molecule has 0 aromatic heterocycles. The third-order valence-corrected chi connectivity index (χ3v) is 2.53. The lowest BCUT2D eigenvalue weighted by molar-refractivity contribution is 0.646. The predicted octanol–water partition coefficient (Wildman–Crippen LogP) is 2.36. The van der Waals surface area contributed by atoms with Crippen LogP contribution < -0.4 is 0 Å². The van der Waals surface area contributed by atoms with Crippen molar-refractivity contribution in [3.05, 3.63) is 0 Å². The molecule has 0 aliphatic heterocycles. The van der Waals surface area contributed by atoms with Gasteiger partial charge in [0.05, 0.1) is 0 Å². The maximum absolute atomic E-state index is 5.11. The molecule has 0 aliphatic carbocycles. The first-order valence-corrected chi connectivity index (χ1v) is 4.46. The molecular weight excluding hydrogens is 162 g/mol. The van der Waals surface area contributed by atoms with Crippen molar-refractivity contribution in [1.82, 2.24) is 4.90 Å². The number of thiocarbonyl (C=S) groups is 1. The molecule has 0 amide bonds. The van der Waals surface area contributed by atoms with Crippen LogP contribution in [0.2, 0.25) is 0 Å². The number of nitrogens with zero attached hydrogens (tertiary/aromatic N) is 1. The molecule has 0 heterocycles. The van der Waals surface area contributed by atoms with Crippen LogP contribution in [0.25, 0.3) is 0 Å². The van der Waals surface area contributed by atoms with E-state index in [4.69, 9.17) is 12.2 Å². The molecule has 0 aliphatic rings. The molecule has 0 saturated carbocycles. The molecule has 60 valence electrons. The lowest BCUT2D eigenvalue weighted by Crippen LogP contribution is -2.22.